The van der Waals surface area contributed by atoms with Crippen molar-refractivity contribution in [3.05, 3.63) is 109 Å². The standard InChI is InChI=1S/C24H22Si/c1-2-25(23-17-8-4-9-18-23,24-19-10-5-11-20-24)21-13-12-16-22-14-6-3-7-15-22/h2-11,14-15,17-20H,1,13,21H2. The van der Waals surface area contributed by atoms with E-state index in [1.807, 2.05) is 18.2 Å². The molecule has 0 atom stereocenters. The Bertz CT molecular complexity index is 816. The van der Waals surface area contributed by atoms with Gasteiger partial charge in [0.05, 0.1) is 0 Å². The minimum absolute atomic E-state index is 0.872. The molecule has 0 saturated heterocycles. The van der Waals surface area contributed by atoms with Crippen LogP contribution < -0.4 is 10.4 Å². The third-order valence-corrected chi connectivity index (χ3v) is 9.04. The lowest BCUT2D eigenvalue weighted by Crippen LogP contribution is -2.56. The molecule has 3 aromatic rings. The summed E-state index contributed by atoms with van der Waals surface area (Å²) >= 11 is 0. The van der Waals surface area contributed by atoms with E-state index in [4.69, 9.17) is 0 Å². The molecule has 0 heterocycles. The summed E-state index contributed by atoms with van der Waals surface area (Å²) in [5, 5.41) is 2.80. The van der Waals surface area contributed by atoms with Gasteiger partial charge in [0.15, 0.2) is 0 Å². The van der Waals surface area contributed by atoms with Crippen LogP contribution in [0.1, 0.15) is 12.0 Å². The van der Waals surface area contributed by atoms with Gasteiger partial charge in [-0.1, -0.05) is 96.4 Å². The molecular formula is C24H22Si. The topological polar surface area (TPSA) is 0 Å². The maximum absolute atomic E-state index is 4.24. The molecule has 0 aliphatic rings. The summed E-state index contributed by atoms with van der Waals surface area (Å²) in [4.78, 5) is 0. The SMILES string of the molecule is C=C[Si](CCC#Cc1ccccc1)(c1ccccc1)c1ccccc1. The van der Waals surface area contributed by atoms with Crippen molar-refractivity contribution in [3.63, 3.8) is 0 Å². The molecule has 3 aromatic carbocycles. The van der Waals surface area contributed by atoms with E-state index in [1.54, 1.807) is 0 Å². The van der Waals surface area contributed by atoms with Crippen molar-refractivity contribution in [2.75, 3.05) is 0 Å². The van der Waals surface area contributed by atoms with Crippen LogP contribution in [-0.4, -0.2) is 8.07 Å². The first kappa shape index (κ1) is 17.0. The summed E-state index contributed by atoms with van der Waals surface area (Å²) in [6, 6.07) is 32.8. The number of hydrogen-bond donors (Lipinski definition) is 0. The fourth-order valence-corrected chi connectivity index (χ4v) is 6.89. The molecular weight excluding hydrogens is 316 g/mol. The minimum atomic E-state index is -2.00. The molecule has 0 saturated carbocycles. The molecule has 0 spiro atoms. The lowest BCUT2D eigenvalue weighted by atomic mass is 10.2. The average molecular weight is 339 g/mol. The highest BCUT2D eigenvalue weighted by atomic mass is 28.3. The summed E-state index contributed by atoms with van der Waals surface area (Å²) in [5.41, 5.74) is 3.29. The second kappa shape index (κ2) is 8.33. The van der Waals surface area contributed by atoms with Crippen LogP contribution in [0.3, 0.4) is 0 Å². The van der Waals surface area contributed by atoms with Crippen molar-refractivity contribution in [3.8, 4) is 11.8 Å². The highest BCUT2D eigenvalue weighted by molar-refractivity contribution is 7.05. The highest BCUT2D eigenvalue weighted by Crippen LogP contribution is 2.15. The second-order valence-corrected chi connectivity index (χ2v) is 10.1. The van der Waals surface area contributed by atoms with E-state index >= 15 is 0 Å². The summed E-state index contributed by atoms with van der Waals surface area (Å²) < 4.78 is 0. The van der Waals surface area contributed by atoms with Crippen LogP contribution in [0.25, 0.3) is 0 Å². The van der Waals surface area contributed by atoms with E-state index in [-0.39, 0.29) is 0 Å². The Balaban J connectivity index is 1.90. The van der Waals surface area contributed by atoms with Crippen molar-refractivity contribution in [1.29, 1.82) is 0 Å². The Kier molecular flexibility index (Phi) is 5.67. The van der Waals surface area contributed by atoms with Crippen molar-refractivity contribution in [2.45, 2.75) is 12.5 Å². The molecule has 0 amide bonds. The average Bonchev–Trinajstić information content (AvgIpc) is 2.71. The summed E-state index contributed by atoms with van der Waals surface area (Å²) in [6.07, 6.45) is 0.872. The van der Waals surface area contributed by atoms with Gasteiger partial charge in [-0.05, 0) is 28.6 Å². The Labute approximate surface area is 151 Å². The fourth-order valence-electron chi connectivity index (χ4n) is 3.21. The molecule has 0 aliphatic carbocycles. The van der Waals surface area contributed by atoms with Gasteiger partial charge in [-0.25, -0.2) is 0 Å². The Morgan fingerprint density at radius 3 is 1.68 bits per heavy atom. The zero-order valence-electron chi connectivity index (χ0n) is 14.4. The Hall–Kier alpha value is -2.82. The molecule has 0 bridgehead atoms. The zero-order chi connectivity index (χ0) is 17.4. The molecule has 25 heavy (non-hydrogen) atoms. The van der Waals surface area contributed by atoms with E-state index in [0.29, 0.717) is 0 Å². The van der Waals surface area contributed by atoms with Crippen molar-refractivity contribution >= 4 is 18.4 Å². The number of rotatable bonds is 5. The predicted molar refractivity (Wildman–Crippen MR) is 111 cm³/mol. The van der Waals surface area contributed by atoms with E-state index in [1.165, 1.54) is 10.4 Å². The van der Waals surface area contributed by atoms with Crippen molar-refractivity contribution in [1.82, 2.24) is 0 Å². The first-order valence-corrected chi connectivity index (χ1v) is 10.9. The van der Waals surface area contributed by atoms with Crippen molar-refractivity contribution < 1.29 is 0 Å². The zero-order valence-corrected chi connectivity index (χ0v) is 15.4. The minimum Gasteiger partial charge on any atom is -0.106 e. The summed E-state index contributed by atoms with van der Waals surface area (Å²) in [6.45, 7) is 4.24. The normalized spacial score (nSPS) is 10.6. The first-order valence-electron chi connectivity index (χ1n) is 8.64. The molecule has 3 rings (SSSR count). The number of benzene rings is 3. The first-order chi connectivity index (χ1) is 12.3. The van der Waals surface area contributed by atoms with Gasteiger partial charge in [0.2, 0.25) is 0 Å². The quantitative estimate of drug-likeness (QED) is 0.477. The van der Waals surface area contributed by atoms with Gasteiger partial charge in [-0.2, -0.15) is 0 Å². The molecule has 0 fully saturated rings. The molecule has 0 nitrogen and oxygen atoms in total. The van der Waals surface area contributed by atoms with Gasteiger partial charge >= 0.3 is 0 Å². The van der Waals surface area contributed by atoms with Crippen molar-refractivity contribution in [2.24, 2.45) is 0 Å². The summed E-state index contributed by atoms with van der Waals surface area (Å²) in [5.74, 6) is 6.65. The van der Waals surface area contributed by atoms with Crippen LogP contribution in [0.15, 0.2) is 103 Å². The van der Waals surface area contributed by atoms with Crippen LogP contribution in [0.4, 0.5) is 0 Å². The van der Waals surface area contributed by atoms with Crippen LogP contribution in [0.2, 0.25) is 6.04 Å². The third kappa shape index (κ3) is 3.99. The van der Waals surface area contributed by atoms with Crippen LogP contribution in [-0.2, 0) is 0 Å². The predicted octanol–water partition coefficient (Wildman–Crippen LogP) is 4.42. The molecule has 0 N–H and O–H groups in total. The highest BCUT2D eigenvalue weighted by Gasteiger charge is 2.33. The van der Waals surface area contributed by atoms with Crippen LogP contribution >= 0.6 is 0 Å². The fraction of sp³-hybridized carbons (Fsp3) is 0.0833. The largest absolute Gasteiger partial charge is 0.141 e. The lowest BCUT2D eigenvalue weighted by Gasteiger charge is -2.29. The molecule has 0 radical (unpaired) electrons. The maximum atomic E-state index is 4.24. The second-order valence-electron chi connectivity index (χ2n) is 6.08. The van der Waals surface area contributed by atoms with Gasteiger partial charge in [-0.3, -0.25) is 0 Å². The van der Waals surface area contributed by atoms with Gasteiger partial charge < -0.3 is 0 Å². The van der Waals surface area contributed by atoms with Crippen LogP contribution in [0.5, 0.6) is 0 Å². The van der Waals surface area contributed by atoms with E-state index in [0.717, 1.165) is 18.0 Å². The maximum Gasteiger partial charge on any atom is 0.141 e. The van der Waals surface area contributed by atoms with E-state index in [2.05, 4.69) is 96.9 Å². The van der Waals surface area contributed by atoms with Gasteiger partial charge in [0.25, 0.3) is 0 Å². The number of hydrogen-bond acceptors (Lipinski definition) is 0. The molecule has 0 aromatic heterocycles. The smallest absolute Gasteiger partial charge is 0.106 e. The monoisotopic (exact) mass is 338 g/mol. The van der Waals surface area contributed by atoms with Gasteiger partial charge in [0.1, 0.15) is 8.07 Å². The Morgan fingerprint density at radius 2 is 1.20 bits per heavy atom. The molecule has 0 unspecified atom stereocenters. The van der Waals surface area contributed by atoms with Gasteiger partial charge in [0, 0.05) is 12.0 Å². The van der Waals surface area contributed by atoms with E-state index < -0.39 is 8.07 Å². The molecule has 1 heteroatoms. The third-order valence-electron chi connectivity index (χ3n) is 4.58. The van der Waals surface area contributed by atoms with Crippen LogP contribution in [0, 0.1) is 11.8 Å². The summed E-state index contributed by atoms with van der Waals surface area (Å²) in [7, 11) is -2.00. The van der Waals surface area contributed by atoms with E-state index in [9.17, 15) is 0 Å². The lowest BCUT2D eigenvalue weighted by molar-refractivity contribution is 1.23. The Morgan fingerprint density at radius 1 is 0.720 bits per heavy atom. The van der Waals surface area contributed by atoms with Gasteiger partial charge in [-0.15, -0.1) is 6.58 Å². The molecule has 0 aliphatic heterocycles. The molecule has 122 valence electrons.